The minimum absolute atomic E-state index is 0.202. The summed E-state index contributed by atoms with van der Waals surface area (Å²) in [5, 5.41) is 4.29. The molecule has 0 aliphatic carbocycles. The van der Waals surface area contributed by atoms with Crippen molar-refractivity contribution in [3.63, 3.8) is 0 Å². The van der Waals surface area contributed by atoms with Crippen molar-refractivity contribution in [1.29, 1.82) is 0 Å². The molecule has 23 heavy (non-hydrogen) atoms. The molecule has 0 aromatic carbocycles. The summed E-state index contributed by atoms with van der Waals surface area (Å²) in [5.74, 6) is 0. The van der Waals surface area contributed by atoms with Crippen molar-refractivity contribution in [2.75, 3.05) is 12.8 Å². The summed E-state index contributed by atoms with van der Waals surface area (Å²) in [6.07, 6.45) is 9.02. The number of aryl methyl sites for hydroxylation is 1. The van der Waals surface area contributed by atoms with E-state index < -0.39 is 10.0 Å². The number of hydrogen-bond acceptors (Lipinski definition) is 5. The average molecular weight is 335 g/mol. The molecule has 8 heteroatoms. The predicted molar refractivity (Wildman–Crippen MR) is 87.1 cm³/mol. The molecule has 0 N–H and O–H groups in total. The van der Waals surface area contributed by atoms with E-state index in [9.17, 15) is 8.42 Å². The standard InChI is InChI=1S/C15H21N5O2S/c1-3-8-19-14(6-7-18-19)12-10-17-13(11-16-12)15-5-4-9-20(15)23(2,21)22/h6-7,10-11,15H,3-5,8-9H2,1-2H3. The van der Waals surface area contributed by atoms with Gasteiger partial charge in [-0.3, -0.25) is 14.6 Å². The van der Waals surface area contributed by atoms with E-state index in [0.717, 1.165) is 37.2 Å². The van der Waals surface area contributed by atoms with Crippen LogP contribution in [0.3, 0.4) is 0 Å². The fourth-order valence-corrected chi connectivity index (χ4v) is 4.15. The lowest BCUT2D eigenvalue weighted by atomic mass is 10.1. The number of sulfonamides is 1. The highest BCUT2D eigenvalue weighted by Crippen LogP contribution is 2.32. The monoisotopic (exact) mass is 335 g/mol. The van der Waals surface area contributed by atoms with Crippen LogP contribution >= 0.6 is 0 Å². The quantitative estimate of drug-likeness (QED) is 0.833. The Morgan fingerprint density at radius 2 is 2.13 bits per heavy atom. The molecule has 1 atom stereocenters. The second kappa shape index (κ2) is 6.37. The lowest BCUT2D eigenvalue weighted by Crippen LogP contribution is -2.30. The average Bonchev–Trinajstić information content (AvgIpc) is 3.16. The second-order valence-electron chi connectivity index (χ2n) is 5.80. The third-order valence-corrected chi connectivity index (χ3v) is 5.35. The third-order valence-electron chi connectivity index (χ3n) is 4.06. The Kier molecular flexibility index (Phi) is 4.45. The zero-order chi connectivity index (χ0) is 16.4. The summed E-state index contributed by atoms with van der Waals surface area (Å²) in [5.41, 5.74) is 2.39. The lowest BCUT2D eigenvalue weighted by Gasteiger charge is -2.21. The predicted octanol–water partition coefficient (Wildman–Crippen LogP) is 1.85. The van der Waals surface area contributed by atoms with Crippen LogP contribution in [0.2, 0.25) is 0 Å². The Balaban J connectivity index is 1.86. The van der Waals surface area contributed by atoms with Gasteiger partial charge in [0, 0.05) is 19.3 Å². The van der Waals surface area contributed by atoms with Crippen molar-refractivity contribution in [3.8, 4) is 11.4 Å². The van der Waals surface area contributed by atoms with Gasteiger partial charge in [0.15, 0.2) is 0 Å². The Morgan fingerprint density at radius 3 is 2.78 bits per heavy atom. The van der Waals surface area contributed by atoms with Crippen molar-refractivity contribution >= 4 is 10.0 Å². The number of aromatic nitrogens is 4. The fourth-order valence-electron chi connectivity index (χ4n) is 3.02. The Morgan fingerprint density at radius 1 is 1.30 bits per heavy atom. The van der Waals surface area contributed by atoms with E-state index in [2.05, 4.69) is 22.0 Å². The first-order chi connectivity index (χ1) is 11.0. The van der Waals surface area contributed by atoms with Crippen molar-refractivity contribution in [2.24, 2.45) is 0 Å². The molecule has 1 fully saturated rings. The van der Waals surface area contributed by atoms with E-state index in [1.165, 1.54) is 10.6 Å². The summed E-state index contributed by atoms with van der Waals surface area (Å²) >= 11 is 0. The van der Waals surface area contributed by atoms with E-state index in [1.54, 1.807) is 18.6 Å². The van der Waals surface area contributed by atoms with Gasteiger partial charge in [0.25, 0.3) is 0 Å². The molecule has 3 heterocycles. The van der Waals surface area contributed by atoms with E-state index in [1.807, 2.05) is 10.7 Å². The first-order valence-electron chi connectivity index (χ1n) is 7.81. The van der Waals surface area contributed by atoms with Gasteiger partial charge in [0.05, 0.1) is 36.1 Å². The first kappa shape index (κ1) is 16.1. The van der Waals surface area contributed by atoms with Gasteiger partial charge in [-0.05, 0) is 25.3 Å². The maximum Gasteiger partial charge on any atom is 0.211 e. The topological polar surface area (TPSA) is 81.0 Å². The highest BCUT2D eigenvalue weighted by Gasteiger charge is 2.33. The Labute approximate surface area is 136 Å². The van der Waals surface area contributed by atoms with E-state index in [-0.39, 0.29) is 6.04 Å². The van der Waals surface area contributed by atoms with Crippen LogP contribution in [0.4, 0.5) is 0 Å². The van der Waals surface area contributed by atoms with Crippen molar-refractivity contribution in [1.82, 2.24) is 24.1 Å². The van der Waals surface area contributed by atoms with Crippen LogP contribution in [0.15, 0.2) is 24.7 Å². The molecule has 0 spiro atoms. The molecule has 1 aliphatic heterocycles. The molecule has 2 aromatic heterocycles. The van der Waals surface area contributed by atoms with Crippen molar-refractivity contribution in [3.05, 3.63) is 30.4 Å². The van der Waals surface area contributed by atoms with Crippen molar-refractivity contribution < 1.29 is 8.42 Å². The molecule has 3 rings (SSSR count). The van der Waals surface area contributed by atoms with Gasteiger partial charge in [0.2, 0.25) is 10.0 Å². The highest BCUT2D eigenvalue weighted by atomic mass is 32.2. The van der Waals surface area contributed by atoms with Gasteiger partial charge in [-0.15, -0.1) is 0 Å². The van der Waals surface area contributed by atoms with Crippen LogP contribution in [0.5, 0.6) is 0 Å². The molecule has 0 amide bonds. The van der Waals surface area contributed by atoms with Gasteiger partial charge in [-0.25, -0.2) is 8.42 Å². The molecule has 2 aromatic rings. The SMILES string of the molecule is CCCn1nccc1-c1cnc(C2CCCN2S(C)(=O)=O)cn1. The second-order valence-corrected chi connectivity index (χ2v) is 7.73. The Hall–Kier alpha value is -1.80. The third kappa shape index (κ3) is 3.28. The summed E-state index contributed by atoms with van der Waals surface area (Å²) in [4.78, 5) is 8.95. The summed E-state index contributed by atoms with van der Waals surface area (Å²) in [7, 11) is -3.22. The first-order valence-corrected chi connectivity index (χ1v) is 9.66. The van der Waals surface area contributed by atoms with Crippen LogP contribution in [0.1, 0.15) is 37.9 Å². The minimum Gasteiger partial charge on any atom is -0.263 e. The van der Waals surface area contributed by atoms with Gasteiger partial charge < -0.3 is 0 Å². The molecule has 1 saturated heterocycles. The Bertz CT molecular complexity index is 769. The van der Waals surface area contributed by atoms with E-state index in [0.29, 0.717) is 12.2 Å². The number of nitrogens with zero attached hydrogens (tertiary/aromatic N) is 5. The molecular formula is C15H21N5O2S. The largest absolute Gasteiger partial charge is 0.263 e. The molecule has 0 radical (unpaired) electrons. The summed E-state index contributed by atoms with van der Waals surface area (Å²) in [6, 6.07) is 1.71. The van der Waals surface area contributed by atoms with Gasteiger partial charge in [-0.1, -0.05) is 6.92 Å². The molecule has 7 nitrogen and oxygen atoms in total. The van der Waals surface area contributed by atoms with Crippen LogP contribution in [0, 0.1) is 0 Å². The number of hydrogen-bond donors (Lipinski definition) is 0. The smallest absolute Gasteiger partial charge is 0.211 e. The number of rotatable bonds is 5. The molecular weight excluding hydrogens is 314 g/mol. The van der Waals surface area contributed by atoms with Crippen LogP contribution in [-0.2, 0) is 16.6 Å². The molecule has 124 valence electrons. The normalized spacial score (nSPS) is 19.3. The van der Waals surface area contributed by atoms with Crippen LogP contribution in [-0.4, -0.2) is 45.3 Å². The minimum atomic E-state index is -3.22. The van der Waals surface area contributed by atoms with Gasteiger partial charge >= 0.3 is 0 Å². The maximum absolute atomic E-state index is 11.9. The zero-order valence-corrected chi connectivity index (χ0v) is 14.2. The lowest BCUT2D eigenvalue weighted by molar-refractivity contribution is 0.393. The van der Waals surface area contributed by atoms with Gasteiger partial charge in [0.1, 0.15) is 5.69 Å². The van der Waals surface area contributed by atoms with E-state index in [4.69, 9.17) is 0 Å². The van der Waals surface area contributed by atoms with Gasteiger partial charge in [-0.2, -0.15) is 9.40 Å². The molecule has 0 saturated carbocycles. The van der Waals surface area contributed by atoms with Crippen LogP contribution < -0.4 is 0 Å². The molecule has 1 unspecified atom stereocenters. The molecule has 0 bridgehead atoms. The van der Waals surface area contributed by atoms with Crippen molar-refractivity contribution in [2.45, 2.75) is 38.8 Å². The summed E-state index contributed by atoms with van der Waals surface area (Å²) < 4.78 is 27.1. The van der Waals surface area contributed by atoms with Crippen LogP contribution in [0.25, 0.3) is 11.4 Å². The zero-order valence-electron chi connectivity index (χ0n) is 13.4. The van der Waals surface area contributed by atoms with E-state index >= 15 is 0 Å². The molecule has 1 aliphatic rings. The fraction of sp³-hybridized carbons (Fsp3) is 0.533. The summed E-state index contributed by atoms with van der Waals surface area (Å²) in [6.45, 7) is 3.48. The highest BCUT2D eigenvalue weighted by molar-refractivity contribution is 7.88. The maximum atomic E-state index is 11.9.